The molecule has 15 nitrogen and oxygen atoms in total. The first-order valence-corrected chi connectivity index (χ1v) is 16.9. The number of nitrogens with one attached hydrogen (secondary N) is 2. The molecule has 2 saturated carbocycles. The number of phenolic OH excluding ortho intramolecular Hbond substituents is 1. The number of nitrogens with zero attached hydrogens (tertiary/aromatic N) is 1. The number of likely N-dealkylation sites (N-methyl/N-ethyl adjacent to an activating group) is 1. The number of anilines is 1. The Kier molecular flexibility index (Phi) is 8.55. The lowest BCUT2D eigenvalue weighted by Gasteiger charge is -2.56. The Labute approximate surface area is 302 Å². The highest BCUT2D eigenvalue weighted by atomic mass is 16.5. The number of aliphatic hydroxyl groups is 2. The van der Waals surface area contributed by atoms with Crippen LogP contribution in [0.15, 0.2) is 60.7 Å². The standard InChI is InChI=1S/C38H36N4O11/c1-15-16-12-13-22(40-36(50)41-37(51)53-14-21-19-10-6-4-8-17(19)18-9-5-7-11-20(18)21)29(43)24(16)30(44)25-23(15)31(45)27-28(42(2)3)32(46)26(35(39)49)34(48)38(27,52)33(25)47/h4-13,15,21,23,25-28,31,43,45,52H,14H2,1-3H3,(H2,39,49)(H2,40,41,50,51). The van der Waals surface area contributed by atoms with Gasteiger partial charge in [-0.15, -0.1) is 0 Å². The van der Waals surface area contributed by atoms with Crippen LogP contribution in [0.1, 0.15) is 45.8 Å². The van der Waals surface area contributed by atoms with Crippen molar-refractivity contribution in [3.63, 3.8) is 0 Å². The molecule has 274 valence electrons. The molecule has 0 spiro atoms. The van der Waals surface area contributed by atoms with Gasteiger partial charge in [-0.2, -0.15) is 0 Å². The smallest absolute Gasteiger partial charge is 0.415 e. The molecule has 7 rings (SSSR count). The number of carbonyl (C=O) groups is 7. The van der Waals surface area contributed by atoms with Gasteiger partial charge in [0.05, 0.1) is 35.2 Å². The number of primary amides is 1. The van der Waals surface area contributed by atoms with E-state index in [9.17, 15) is 48.9 Å². The minimum Gasteiger partial charge on any atom is -0.505 e. The molecule has 0 aliphatic heterocycles. The van der Waals surface area contributed by atoms with Crippen molar-refractivity contribution in [2.24, 2.45) is 29.4 Å². The van der Waals surface area contributed by atoms with E-state index in [2.05, 4.69) is 5.32 Å². The van der Waals surface area contributed by atoms with Gasteiger partial charge in [-0.1, -0.05) is 61.5 Å². The van der Waals surface area contributed by atoms with E-state index in [-0.39, 0.29) is 23.8 Å². The van der Waals surface area contributed by atoms with Gasteiger partial charge in [0.1, 0.15) is 12.4 Å². The topological polar surface area (TPSA) is 243 Å². The summed E-state index contributed by atoms with van der Waals surface area (Å²) in [5.41, 5.74) is 5.58. The van der Waals surface area contributed by atoms with Crippen LogP contribution in [0.5, 0.6) is 5.75 Å². The number of imide groups is 1. The van der Waals surface area contributed by atoms with E-state index in [0.717, 1.165) is 22.3 Å². The summed E-state index contributed by atoms with van der Waals surface area (Å²) in [5, 5.41) is 39.2. The largest absolute Gasteiger partial charge is 0.505 e. The van der Waals surface area contributed by atoms with Gasteiger partial charge in [-0.25, -0.2) is 14.9 Å². The fourth-order valence-electron chi connectivity index (χ4n) is 8.97. The molecule has 3 aromatic rings. The van der Waals surface area contributed by atoms with Crippen LogP contribution in [0.4, 0.5) is 15.3 Å². The van der Waals surface area contributed by atoms with Crippen molar-refractivity contribution in [3.8, 4) is 16.9 Å². The number of carbonyl (C=O) groups excluding carboxylic acids is 7. The van der Waals surface area contributed by atoms with Crippen molar-refractivity contribution in [1.82, 2.24) is 10.2 Å². The molecule has 2 fully saturated rings. The van der Waals surface area contributed by atoms with Gasteiger partial charge in [0.2, 0.25) is 5.91 Å². The fourth-order valence-corrected chi connectivity index (χ4v) is 8.97. The molecular weight excluding hydrogens is 688 g/mol. The summed E-state index contributed by atoms with van der Waals surface area (Å²) in [7, 11) is 2.81. The molecule has 0 aromatic heterocycles. The molecule has 0 heterocycles. The number of aromatic hydroxyl groups is 1. The number of Topliss-reactive ketones (excluding diaryl/α,β-unsaturated/α-hetero) is 4. The number of urea groups is 1. The lowest BCUT2D eigenvalue weighted by atomic mass is 9.49. The normalized spacial score (nSPS) is 28.7. The Morgan fingerprint density at radius 2 is 1.51 bits per heavy atom. The van der Waals surface area contributed by atoms with Crippen LogP contribution in [-0.2, 0) is 23.9 Å². The molecule has 4 aliphatic carbocycles. The first-order valence-electron chi connectivity index (χ1n) is 16.9. The van der Waals surface area contributed by atoms with Crippen LogP contribution < -0.4 is 16.4 Å². The Hall–Kier alpha value is -5.77. The number of hydrogen-bond acceptors (Lipinski definition) is 12. The summed E-state index contributed by atoms with van der Waals surface area (Å²) < 4.78 is 5.40. The number of alkyl carbamates (subject to hydrolysis) is 1. The number of aliphatic hydroxyl groups excluding tert-OH is 1. The molecule has 4 aliphatic rings. The zero-order chi connectivity index (χ0) is 38.3. The summed E-state index contributed by atoms with van der Waals surface area (Å²) in [5.74, 6) is -15.4. The zero-order valence-electron chi connectivity index (χ0n) is 28.7. The van der Waals surface area contributed by atoms with Gasteiger partial charge in [-0.3, -0.25) is 28.9 Å². The van der Waals surface area contributed by atoms with E-state index in [0.29, 0.717) is 0 Å². The predicted molar refractivity (Wildman–Crippen MR) is 185 cm³/mol. The molecule has 3 aromatic carbocycles. The summed E-state index contributed by atoms with van der Waals surface area (Å²) in [6.07, 6.45) is -2.87. The number of rotatable bonds is 5. The van der Waals surface area contributed by atoms with E-state index in [4.69, 9.17) is 10.5 Å². The van der Waals surface area contributed by atoms with Crippen molar-refractivity contribution in [2.75, 3.05) is 26.0 Å². The first-order chi connectivity index (χ1) is 25.1. The second-order valence-corrected chi connectivity index (χ2v) is 14.2. The number of fused-ring (bicyclic) bond motifs is 6. The van der Waals surface area contributed by atoms with Crippen molar-refractivity contribution >= 4 is 46.9 Å². The SMILES string of the molecule is CC1c2ccc(NC(=O)NC(=O)OCC3c4ccccc4-c4ccccc43)c(O)c2C(=O)C2C(=O)C3(O)C(=O)C(C(N)=O)C(=O)C(N(C)C)C3C(O)C21. The van der Waals surface area contributed by atoms with Crippen LogP contribution in [-0.4, -0.2) is 99.8 Å². The maximum absolute atomic E-state index is 14.2. The monoisotopic (exact) mass is 724 g/mol. The Bertz CT molecular complexity index is 2100. The summed E-state index contributed by atoms with van der Waals surface area (Å²) >= 11 is 0. The number of nitrogens with two attached hydrogens (primary N) is 1. The highest BCUT2D eigenvalue weighted by Gasteiger charge is 2.73. The molecule has 8 unspecified atom stereocenters. The number of phenols is 1. The second-order valence-electron chi connectivity index (χ2n) is 14.2. The van der Waals surface area contributed by atoms with E-state index >= 15 is 0 Å². The number of ether oxygens (including phenoxy) is 1. The highest BCUT2D eigenvalue weighted by Crippen LogP contribution is 2.55. The predicted octanol–water partition coefficient (Wildman–Crippen LogP) is 1.47. The maximum Gasteiger partial charge on any atom is 0.415 e. The number of benzene rings is 3. The van der Waals surface area contributed by atoms with E-state index in [1.807, 2.05) is 53.8 Å². The number of ketones is 4. The molecule has 0 saturated heterocycles. The lowest BCUT2D eigenvalue weighted by molar-refractivity contribution is -0.196. The molecule has 53 heavy (non-hydrogen) atoms. The maximum atomic E-state index is 14.2. The third-order valence-corrected chi connectivity index (χ3v) is 11.3. The molecule has 8 atom stereocenters. The van der Waals surface area contributed by atoms with E-state index in [1.165, 1.54) is 31.1 Å². The minimum absolute atomic E-state index is 0.0780. The first kappa shape index (κ1) is 35.6. The van der Waals surface area contributed by atoms with Crippen molar-refractivity contribution in [2.45, 2.75) is 36.5 Å². The third kappa shape index (κ3) is 5.17. The zero-order valence-corrected chi connectivity index (χ0v) is 28.7. The average Bonchev–Trinajstić information content (AvgIpc) is 3.43. The molecule has 4 amide bonds. The Morgan fingerprint density at radius 3 is 2.09 bits per heavy atom. The summed E-state index contributed by atoms with van der Waals surface area (Å²) in [6, 6.07) is 15.4. The Balaban J connectivity index is 1.12. The van der Waals surface area contributed by atoms with Crippen molar-refractivity contribution < 1.29 is 53.6 Å². The third-order valence-electron chi connectivity index (χ3n) is 11.3. The van der Waals surface area contributed by atoms with Crippen molar-refractivity contribution in [3.05, 3.63) is 82.9 Å². The van der Waals surface area contributed by atoms with Crippen LogP contribution in [0, 0.1) is 23.7 Å². The van der Waals surface area contributed by atoms with Crippen LogP contribution in [0.3, 0.4) is 0 Å². The van der Waals surface area contributed by atoms with Crippen LogP contribution in [0.25, 0.3) is 11.1 Å². The fraction of sp³-hybridized carbons (Fsp3) is 0.342. The second kappa shape index (κ2) is 12.7. The molecule has 7 N–H and O–H groups in total. The van der Waals surface area contributed by atoms with Gasteiger partial charge in [0, 0.05) is 11.8 Å². The van der Waals surface area contributed by atoms with Crippen LogP contribution in [0.2, 0.25) is 0 Å². The Morgan fingerprint density at radius 1 is 0.906 bits per heavy atom. The number of amides is 4. The molecular formula is C38H36N4O11. The minimum atomic E-state index is -3.15. The average molecular weight is 725 g/mol. The number of hydrogen-bond donors (Lipinski definition) is 6. The van der Waals surface area contributed by atoms with Crippen LogP contribution >= 0.6 is 0 Å². The lowest BCUT2D eigenvalue weighted by Crippen LogP contribution is -2.77. The quantitative estimate of drug-likeness (QED) is 0.162. The van der Waals surface area contributed by atoms with Gasteiger partial charge < -0.3 is 31.1 Å². The van der Waals surface area contributed by atoms with Crippen molar-refractivity contribution in [1.29, 1.82) is 0 Å². The summed E-state index contributed by atoms with van der Waals surface area (Å²) in [6.45, 7) is 1.48. The van der Waals surface area contributed by atoms with E-state index < -0.39 is 99.8 Å². The molecule has 0 bridgehead atoms. The van der Waals surface area contributed by atoms with Gasteiger partial charge in [0.15, 0.2) is 34.7 Å². The van der Waals surface area contributed by atoms with Gasteiger partial charge in [0.25, 0.3) is 0 Å². The van der Waals surface area contributed by atoms with E-state index in [1.54, 1.807) is 6.92 Å². The molecule has 0 radical (unpaired) electrons. The summed E-state index contributed by atoms with van der Waals surface area (Å²) in [4.78, 5) is 94.3. The van der Waals surface area contributed by atoms with Gasteiger partial charge in [-0.05, 0) is 53.9 Å². The highest BCUT2D eigenvalue weighted by molar-refractivity contribution is 6.32. The molecule has 15 heteroatoms. The van der Waals surface area contributed by atoms with Gasteiger partial charge >= 0.3 is 12.1 Å².